The summed E-state index contributed by atoms with van der Waals surface area (Å²) >= 11 is 0. The first kappa shape index (κ1) is 47.8. The third kappa shape index (κ3) is 11.5. The number of ether oxygens (including phenoxy) is 5. The fourth-order valence-electron chi connectivity index (χ4n) is 11.0. The van der Waals surface area contributed by atoms with Crippen LogP contribution >= 0.6 is 0 Å². The van der Waals surface area contributed by atoms with Crippen molar-refractivity contribution in [2.75, 3.05) is 52.8 Å². The van der Waals surface area contributed by atoms with Gasteiger partial charge in [0.15, 0.2) is 0 Å². The molecule has 5 aliphatic rings. The Morgan fingerprint density at radius 3 is 2.47 bits per heavy atom. The number of aliphatic hydroxyl groups excluding tert-OH is 3. The zero-order chi connectivity index (χ0) is 44.7. The zero-order valence-corrected chi connectivity index (χ0v) is 37.5. The van der Waals surface area contributed by atoms with E-state index in [1.54, 1.807) is 24.3 Å². The predicted octanol–water partition coefficient (Wildman–Crippen LogP) is 8.26. The van der Waals surface area contributed by atoms with Crippen molar-refractivity contribution in [1.82, 2.24) is 4.90 Å². The molecular weight excluding hydrogens is 817 g/mol. The number of benzene rings is 2. The SMILES string of the molecule is C=CCO[C@@]12Oc3ccc(Oc4cccc(C=O)c4)cc3[C@H]3[C@H](CCCCO)[C@@H](CCCCO)C=C(C(=NOC4CCCCO4)C[C@@H]1N(CCOCCO)C(=O)CCC1CCCC1)[C@H]32. The molecule has 2 heterocycles. The molecule has 7 atom stereocenters. The minimum atomic E-state index is -1.41. The standard InChI is InChI=1S/C51H70N2O11/c1-2-27-61-51-46(53(23-29-59-30-26-56)47(58)22-19-36-12-3-4-13-36)34-44(52-64-48-18-7-10-28-60-48)42-32-38(15-5-8-24-54)41(17-6-9-25-55)49(50(42)51)43-33-40(20-21-45(43)63-51)62-39-16-11-14-37(31-39)35-57/h2,11,14,16,20-21,31-33,35-36,38,41,46,48-50,54-56H,1,3-10,12-13,15,17-19,22-30,34H2/t38-,41+,46-,48?,49+,50+,51+/m0/s1. The van der Waals surface area contributed by atoms with Crippen LogP contribution in [0.3, 0.4) is 0 Å². The van der Waals surface area contributed by atoms with E-state index in [2.05, 4.69) is 12.7 Å². The molecule has 13 nitrogen and oxygen atoms in total. The van der Waals surface area contributed by atoms with Crippen LogP contribution in [-0.2, 0) is 23.8 Å². The van der Waals surface area contributed by atoms with Gasteiger partial charge in [0.1, 0.15) is 29.6 Å². The van der Waals surface area contributed by atoms with Crippen LogP contribution < -0.4 is 9.47 Å². The smallest absolute Gasteiger partial charge is 0.239 e. The number of hydrogen-bond donors (Lipinski definition) is 3. The van der Waals surface area contributed by atoms with E-state index in [1.807, 2.05) is 29.2 Å². The second-order valence-corrected chi connectivity index (χ2v) is 18.1. The number of hydrogen-bond acceptors (Lipinski definition) is 12. The molecule has 64 heavy (non-hydrogen) atoms. The number of nitrogens with zero attached hydrogens (tertiary/aromatic N) is 2. The van der Waals surface area contributed by atoms with E-state index >= 15 is 0 Å². The summed E-state index contributed by atoms with van der Waals surface area (Å²) in [4.78, 5) is 34.9. The minimum absolute atomic E-state index is 0.0150. The number of aldehydes is 1. The molecule has 2 aromatic carbocycles. The largest absolute Gasteiger partial charge is 0.459 e. The molecule has 2 saturated carbocycles. The average molecular weight is 887 g/mol. The molecule has 7 rings (SSSR count). The van der Waals surface area contributed by atoms with Gasteiger partial charge in [-0.25, -0.2) is 0 Å². The molecule has 2 aromatic rings. The van der Waals surface area contributed by atoms with E-state index in [4.69, 9.17) is 33.7 Å². The van der Waals surface area contributed by atoms with Gasteiger partial charge in [0.05, 0.1) is 44.7 Å². The Morgan fingerprint density at radius 1 is 0.922 bits per heavy atom. The number of oxime groups is 1. The van der Waals surface area contributed by atoms with Crippen LogP contribution in [0.4, 0.5) is 0 Å². The lowest BCUT2D eigenvalue weighted by atomic mass is 9.55. The zero-order valence-electron chi connectivity index (χ0n) is 37.5. The first-order valence-electron chi connectivity index (χ1n) is 24.0. The maximum Gasteiger partial charge on any atom is 0.239 e. The van der Waals surface area contributed by atoms with Gasteiger partial charge in [-0.15, -0.1) is 6.58 Å². The Kier molecular flexibility index (Phi) is 17.9. The van der Waals surface area contributed by atoms with Crippen LogP contribution in [0.15, 0.2) is 71.9 Å². The fourth-order valence-corrected chi connectivity index (χ4v) is 11.0. The summed E-state index contributed by atoms with van der Waals surface area (Å²) in [6, 6.07) is 12.2. The summed E-state index contributed by atoms with van der Waals surface area (Å²) in [7, 11) is 0. The number of carbonyl (C=O) groups is 2. The summed E-state index contributed by atoms with van der Waals surface area (Å²) in [5.74, 6) is 0.165. The topological polar surface area (TPSA) is 166 Å². The van der Waals surface area contributed by atoms with Gasteiger partial charge < -0.3 is 48.7 Å². The molecule has 3 aliphatic carbocycles. The number of unbranched alkanes of at least 4 members (excludes halogenated alkanes) is 2. The molecule has 1 unspecified atom stereocenters. The van der Waals surface area contributed by atoms with Crippen LogP contribution in [0.2, 0.25) is 0 Å². The lowest BCUT2D eigenvalue weighted by molar-refractivity contribution is -0.258. The molecule has 1 amide bonds. The monoisotopic (exact) mass is 886 g/mol. The Labute approximate surface area is 378 Å². The van der Waals surface area contributed by atoms with Gasteiger partial charge in [-0.2, -0.15) is 0 Å². The highest BCUT2D eigenvalue weighted by Crippen LogP contribution is 2.62. The van der Waals surface area contributed by atoms with Gasteiger partial charge >= 0.3 is 0 Å². The van der Waals surface area contributed by atoms with E-state index in [1.165, 1.54) is 12.8 Å². The molecule has 350 valence electrons. The third-order valence-corrected chi connectivity index (χ3v) is 13.9. The molecule has 0 spiro atoms. The van der Waals surface area contributed by atoms with Crippen LogP contribution in [0.5, 0.6) is 17.2 Å². The van der Waals surface area contributed by atoms with Crippen molar-refractivity contribution in [3.05, 3.63) is 77.9 Å². The number of aliphatic hydroxyl groups is 3. The number of amides is 1. The Balaban J connectivity index is 1.41. The summed E-state index contributed by atoms with van der Waals surface area (Å²) in [5, 5.41) is 34.6. The van der Waals surface area contributed by atoms with Crippen LogP contribution in [-0.4, -0.2) is 109 Å². The second kappa shape index (κ2) is 23.9. The highest BCUT2D eigenvalue weighted by atomic mass is 16.8. The first-order chi connectivity index (χ1) is 31.4. The summed E-state index contributed by atoms with van der Waals surface area (Å²) in [5.41, 5.74) is 3.09. The van der Waals surface area contributed by atoms with E-state index in [9.17, 15) is 24.9 Å². The van der Waals surface area contributed by atoms with E-state index in [0.717, 1.165) is 81.6 Å². The molecule has 1 saturated heterocycles. The van der Waals surface area contributed by atoms with Crippen molar-refractivity contribution < 1.29 is 53.4 Å². The molecule has 0 bridgehead atoms. The number of carbonyl (C=O) groups excluding carboxylic acids is 2. The van der Waals surface area contributed by atoms with Crippen molar-refractivity contribution in [2.24, 2.45) is 28.8 Å². The molecule has 3 fully saturated rings. The quantitative estimate of drug-likeness (QED) is 0.0381. The normalized spacial score (nSPS) is 26.9. The Morgan fingerprint density at radius 2 is 1.72 bits per heavy atom. The van der Waals surface area contributed by atoms with Crippen LogP contribution in [0.1, 0.15) is 125 Å². The number of fused-ring (bicyclic) bond motifs is 2. The van der Waals surface area contributed by atoms with E-state index in [-0.39, 0.29) is 76.3 Å². The predicted molar refractivity (Wildman–Crippen MR) is 242 cm³/mol. The van der Waals surface area contributed by atoms with Crippen LogP contribution in [0, 0.1) is 23.7 Å². The minimum Gasteiger partial charge on any atom is -0.459 e. The van der Waals surface area contributed by atoms with Crippen molar-refractivity contribution in [3.8, 4) is 17.2 Å². The van der Waals surface area contributed by atoms with E-state index in [0.29, 0.717) is 60.3 Å². The molecule has 2 aliphatic heterocycles. The molecule has 0 radical (unpaired) electrons. The lowest BCUT2D eigenvalue weighted by Crippen LogP contribution is -2.70. The lowest BCUT2D eigenvalue weighted by Gasteiger charge is -2.60. The van der Waals surface area contributed by atoms with E-state index < -0.39 is 24.0 Å². The number of allylic oxidation sites excluding steroid dienone is 1. The Hall–Kier alpha value is -4.11. The fraction of sp³-hybridized carbons (Fsp3) is 0.627. The summed E-state index contributed by atoms with van der Waals surface area (Å²) < 4.78 is 32.9. The maximum atomic E-state index is 15.0. The maximum absolute atomic E-state index is 15.0. The van der Waals surface area contributed by atoms with Gasteiger partial charge in [0.25, 0.3) is 0 Å². The van der Waals surface area contributed by atoms with Crippen LogP contribution in [0.25, 0.3) is 0 Å². The third-order valence-electron chi connectivity index (χ3n) is 13.9. The number of rotatable bonds is 25. The average Bonchev–Trinajstić information content (AvgIpc) is 3.85. The van der Waals surface area contributed by atoms with Gasteiger partial charge in [0.2, 0.25) is 18.0 Å². The summed E-state index contributed by atoms with van der Waals surface area (Å²) in [6.45, 7) is 5.45. The van der Waals surface area contributed by atoms with Crippen molar-refractivity contribution in [1.29, 1.82) is 0 Å². The first-order valence-corrected chi connectivity index (χ1v) is 24.0. The van der Waals surface area contributed by atoms with Crippen molar-refractivity contribution in [2.45, 2.75) is 127 Å². The second-order valence-electron chi connectivity index (χ2n) is 18.1. The van der Waals surface area contributed by atoms with Gasteiger partial charge in [-0.3, -0.25) is 9.59 Å². The summed E-state index contributed by atoms with van der Waals surface area (Å²) in [6.07, 6.45) is 17.6. The molecule has 0 aromatic heterocycles. The molecule has 13 heteroatoms. The molecular formula is C51H70N2O11. The van der Waals surface area contributed by atoms with Gasteiger partial charge in [0, 0.05) is 56.1 Å². The highest BCUT2D eigenvalue weighted by Gasteiger charge is 2.65. The highest BCUT2D eigenvalue weighted by molar-refractivity contribution is 6.03. The van der Waals surface area contributed by atoms with Gasteiger partial charge in [-0.05, 0) is 98.6 Å². The van der Waals surface area contributed by atoms with Crippen molar-refractivity contribution >= 4 is 17.9 Å². The molecule has 3 N–H and O–H groups in total. The van der Waals surface area contributed by atoms with Crippen molar-refractivity contribution in [3.63, 3.8) is 0 Å². The Bertz CT molecular complexity index is 1890. The van der Waals surface area contributed by atoms with Gasteiger partial charge in [-0.1, -0.05) is 68.0 Å².